The van der Waals surface area contributed by atoms with Crippen LogP contribution >= 0.6 is 0 Å². The number of hydrogen-bond acceptors (Lipinski definition) is 5. The lowest BCUT2D eigenvalue weighted by Gasteiger charge is -2.34. The Hall–Kier alpha value is -0.940. The van der Waals surface area contributed by atoms with Crippen LogP contribution in [0.4, 0.5) is 0 Å². The quantitative estimate of drug-likeness (QED) is 0.923. The maximum Gasteiger partial charge on any atom is 0.231 e. The second kappa shape index (κ2) is 5.69. The number of fused-ring (bicyclic) bond motifs is 2. The number of nitrogens with two attached hydrogens (primary N) is 1. The first-order valence-electron chi connectivity index (χ1n) is 8.28. The van der Waals surface area contributed by atoms with Crippen molar-refractivity contribution in [1.29, 1.82) is 0 Å². The zero-order valence-electron chi connectivity index (χ0n) is 13.6. The largest absolute Gasteiger partial charge is 0.339 e. The van der Waals surface area contributed by atoms with Crippen molar-refractivity contribution < 1.29 is 4.52 Å². The predicted molar refractivity (Wildman–Crippen MR) is 82.1 cm³/mol. The highest BCUT2D eigenvalue weighted by Crippen LogP contribution is 2.41. The Bertz CT molecular complexity index is 462. The van der Waals surface area contributed by atoms with Gasteiger partial charge in [-0.3, -0.25) is 0 Å². The van der Waals surface area contributed by atoms with E-state index in [0.717, 1.165) is 24.6 Å². The molecule has 0 saturated carbocycles. The van der Waals surface area contributed by atoms with Gasteiger partial charge in [0, 0.05) is 24.0 Å². The smallest absolute Gasteiger partial charge is 0.231 e. The standard InChI is InChI=1S/C16H28N4O/c1-9(2)14(10(3)17)16-18-15(19-21-16)11-7-12-5-6-13(8-11)20(12)4/h9-14H,5-8,17H2,1-4H3. The van der Waals surface area contributed by atoms with Crippen molar-refractivity contribution >= 4 is 0 Å². The van der Waals surface area contributed by atoms with Crippen LogP contribution in [0.25, 0.3) is 0 Å². The van der Waals surface area contributed by atoms with Crippen molar-refractivity contribution in [2.24, 2.45) is 11.7 Å². The highest BCUT2D eigenvalue weighted by molar-refractivity contribution is 5.07. The van der Waals surface area contributed by atoms with Gasteiger partial charge in [-0.1, -0.05) is 19.0 Å². The monoisotopic (exact) mass is 292 g/mol. The maximum atomic E-state index is 6.10. The molecule has 0 radical (unpaired) electrons. The summed E-state index contributed by atoms with van der Waals surface area (Å²) in [5.41, 5.74) is 6.10. The highest BCUT2D eigenvalue weighted by Gasteiger charge is 2.40. The van der Waals surface area contributed by atoms with Crippen LogP contribution in [0.1, 0.15) is 70.0 Å². The Balaban J connectivity index is 1.76. The second-order valence-electron chi connectivity index (χ2n) is 7.34. The normalized spacial score (nSPS) is 32.6. The van der Waals surface area contributed by atoms with Crippen LogP contribution in [0, 0.1) is 5.92 Å². The van der Waals surface area contributed by atoms with E-state index >= 15 is 0 Å². The molecule has 5 nitrogen and oxygen atoms in total. The minimum atomic E-state index is 0.0342. The Morgan fingerprint density at radius 2 is 1.81 bits per heavy atom. The van der Waals surface area contributed by atoms with Crippen molar-refractivity contribution in [2.75, 3.05) is 7.05 Å². The maximum absolute atomic E-state index is 6.10. The van der Waals surface area contributed by atoms with Crippen LogP contribution in [0.3, 0.4) is 0 Å². The Morgan fingerprint density at radius 3 is 2.33 bits per heavy atom. The summed E-state index contributed by atoms with van der Waals surface area (Å²) in [5.74, 6) is 2.64. The third kappa shape index (κ3) is 2.73. The molecule has 4 atom stereocenters. The average Bonchev–Trinajstić information content (AvgIpc) is 2.92. The van der Waals surface area contributed by atoms with Gasteiger partial charge in [-0.15, -0.1) is 0 Å². The first-order valence-corrected chi connectivity index (χ1v) is 8.28. The molecule has 2 aliphatic heterocycles. The summed E-state index contributed by atoms with van der Waals surface area (Å²) in [4.78, 5) is 7.26. The van der Waals surface area contributed by atoms with E-state index in [1.54, 1.807) is 0 Å². The van der Waals surface area contributed by atoms with E-state index < -0.39 is 0 Å². The van der Waals surface area contributed by atoms with Crippen molar-refractivity contribution in [2.45, 2.75) is 76.4 Å². The van der Waals surface area contributed by atoms with Gasteiger partial charge < -0.3 is 15.2 Å². The van der Waals surface area contributed by atoms with Gasteiger partial charge in [0.15, 0.2) is 5.82 Å². The van der Waals surface area contributed by atoms with E-state index in [1.165, 1.54) is 12.8 Å². The van der Waals surface area contributed by atoms with Crippen LogP contribution < -0.4 is 5.73 Å². The summed E-state index contributed by atoms with van der Waals surface area (Å²) in [5, 5.41) is 4.29. The van der Waals surface area contributed by atoms with Gasteiger partial charge in [0.25, 0.3) is 0 Å². The van der Waals surface area contributed by atoms with Gasteiger partial charge >= 0.3 is 0 Å². The predicted octanol–water partition coefficient (Wildman–Crippen LogP) is 2.50. The number of piperidine rings is 1. The van der Waals surface area contributed by atoms with E-state index in [4.69, 9.17) is 15.2 Å². The fourth-order valence-electron chi connectivity index (χ4n) is 4.29. The topological polar surface area (TPSA) is 68.2 Å². The molecule has 3 heterocycles. The fraction of sp³-hybridized carbons (Fsp3) is 0.875. The first kappa shape index (κ1) is 15.0. The van der Waals surface area contributed by atoms with E-state index in [9.17, 15) is 0 Å². The van der Waals surface area contributed by atoms with E-state index in [0.29, 0.717) is 23.9 Å². The van der Waals surface area contributed by atoms with Crippen molar-refractivity contribution in [3.8, 4) is 0 Å². The van der Waals surface area contributed by atoms with Gasteiger partial charge in [0.2, 0.25) is 5.89 Å². The minimum Gasteiger partial charge on any atom is -0.339 e. The molecule has 2 N–H and O–H groups in total. The molecule has 4 unspecified atom stereocenters. The lowest BCUT2D eigenvalue weighted by Crippen LogP contribution is -2.39. The molecule has 0 aromatic carbocycles. The molecule has 3 rings (SSSR count). The summed E-state index contributed by atoms with van der Waals surface area (Å²) < 4.78 is 5.57. The number of hydrogen-bond donors (Lipinski definition) is 1. The molecule has 0 amide bonds. The summed E-state index contributed by atoms with van der Waals surface area (Å²) in [7, 11) is 2.26. The van der Waals surface area contributed by atoms with Crippen LogP contribution in [-0.4, -0.2) is 40.2 Å². The minimum absolute atomic E-state index is 0.0342. The highest BCUT2D eigenvalue weighted by atomic mass is 16.5. The summed E-state index contributed by atoms with van der Waals surface area (Å²) >= 11 is 0. The summed E-state index contributed by atoms with van der Waals surface area (Å²) in [6, 6.07) is 1.43. The lowest BCUT2D eigenvalue weighted by molar-refractivity contribution is 0.157. The van der Waals surface area contributed by atoms with Crippen molar-refractivity contribution in [3.63, 3.8) is 0 Å². The van der Waals surface area contributed by atoms with Gasteiger partial charge in [-0.25, -0.2) is 0 Å². The van der Waals surface area contributed by atoms with Crippen molar-refractivity contribution in [3.05, 3.63) is 11.7 Å². The zero-order chi connectivity index (χ0) is 15.1. The van der Waals surface area contributed by atoms with Gasteiger partial charge in [-0.05, 0) is 45.6 Å². The molecule has 2 aliphatic rings. The second-order valence-corrected chi connectivity index (χ2v) is 7.34. The number of nitrogens with zero attached hydrogens (tertiary/aromatic N) is 3. The molecule has 1 aromatic heterocycles. The van der Waals surface area contributed by atoms with E-state index in [2.05, 4.69) is 31.0 Å². The van der Waals surface area contributed by atoms with Crippen LogP contribution in [0.5, 0.6) is 0 Å². The SMILES string of the molecule is CC(C)C(c1nc(C2CC3CCC(C2)N3C)no1)C(C)N. The third-order valence-electron chi connectivity index (χ3n) is 5.49. The Labute approximate surface area is 127 Å². The Morgan fingerprint density at radius 1 is 1.19 bits per heavy atom. The molecular weight excluding hydrogens is 264 g/mol. The Kier molecular flexibility index (Phi) is 4.06. The molecule has 21 heavy (non-hydrogen) atoms. The molecule has 2 bridgehead atoms. The van der Waals surface area contributed by atoms with Crippen LogP contribution in [0.2, 0.25) is 0 Å². The number of aromatic nitrogens is 2. The van der Waals surface area contributed by atoms with Crippen LogP contribution in [0.15, 0.2) is 4.52 Å². The molecular formula is C16H28N4O. The summed E-state index contributed by atoms with van der Waals surface area (Å²) in [6.07, 6.45) is 4.96. The van der Waals surface area contributed by atoms with Crippen LogP contribution in [-0.2, 0) is 0 Å². The first-order chi connectivity index (χ1) is 9.97. The molecule has 0 aliphatic carbocycles. The molecule has 1 aromatic rings. The third-order valence-corrected chi connectivity index (χ3v) is 5.49. The van der Waals surface area contributed by atoms with Crippen molar-refractivity contribution in [1.82, 2.24) is 15.0 Å². The van der Waals surface area contributed by atoms with Gasteiger partial charge in [0.05, 0.1) is 5.92 Å². The molecule has 2 fully saturated rings. The van der Waals surface area contributed by atoms with Gasteiger partial charge in [0.1, 0.15) is 0 Å². The zero-order valence-corrected chi connectivity index (χ0v) is 13.6. The fourth-order valence-corrected chi connectivity index (χ4v) is 4.29. The molecule has 0 spiro atoms. The average molecular weight is 292 g/mol. The molecule has 2 saturated heterocycles. The molecule has 5 heteroatoms. The van der Waals surface area contributed by atoms with E-state index in [1.807, 2.05) is 6.92 Å². The summed E-state index contributed by atoms with van der Waals surface area (Å²) in [6.45, 7) is 6.34. The number of rotatable bonds is 4. The lowest BCUT2D eigenvalue weighted by atomic mass is 9.89. The van der Waals surface area contributed by atoms with E-state index in [-0.39, 0.29) is 12.0 Å². The van der Waals surface area contributed by atoms with Gasteiger partial charge in [-0.2, -0.15) is 4.98 Å². The molecule has 118 valence electrons.